The van der Waals surface area contributed by atoms with Crippen LogP contribution in [-0.4, -0.2) is 29.9 Å². The fourth-order valence-electron chi connectivity index (χ4n) is 3.42. The van der Waals surface area contributed by atoms with E-state index in [1.807, 2.05) is 6.07 Å². The number of nitrogens with zero attached hydrogens (tertiary/aromatic N) is 2. The average molecular weight is 485 g/mol. The van der Waals surface area contributed by atoms with Crippen LogP contribution in [-0.2, 0) is 16.2 Å². The molecule has 8 heteroatoms. The SMILES string of the molecule is COc1cc(/C=C2/C(=O)N(C(C)C)C(=O)C(C#N)=C2C)ccc1OCc1ccc(Cl)cc1Cl. The predicted molar refractivity (Wildman–Crippen MR) is 127 cm³/mol. The number of hydrogen-bond acceptors (Lipinski definition) is 5. The molecule has 2 amide bonds. The van der Waals surface area contributed by atoms with E-state index >= 15 is 0 Å². The molecule has 0 aliphatic carbocycles. The summed E-state index contributed by atoms with van der Waals surface area (Å²) in [5.41, 5.74) is 2.01. The van der Waals surface area contributed by atoms with E-state index in [1.165, 1.54) is 7.11 Å². The molecule has 0 spiro atoms. The molecule has 3 rings (SSSR count). The molecule has 0 saturated heterocycles. The first kappa shape index (κ1) is 24.4. The molecule has 33 heavy (non-hydrogen) atoms. The Morgan fingerprint density at radius 3 is 2.42 bits per heavy atom. The first-order chi connectivity index (χ1) is 15.7. The summed E-state index contributed by atoms with van der Waals surface area (Å²) in [5, 5.41) is 10.5. The van der Waals surface area contributed by atoms with Crippen LogP contribution in [0.15, 0.2) is 53.1 Å². The molecule has 0 fully saturated rings. The summed E-state index contributed by atoms with van der Waals surface area (Å²) in [6, 6.07) is 11.9. The van der Waals surface area contributed by atoms with Crippen molar-refractivity contribution in [3.63, 3.8) is 0 Å². The van der Waals surface area contributed by atoms with Gasteiger partial charge in [0.25, 0.3) is 11.8 Å². The van der Waals surface area contributed by atoms with E-state index in [4.69, 9.17) is 32.7 Å². The highest BCUT2D eigenvalue weighted by atomic mass is 35.5. The maximum absolute atomic E-state index is 13.0. The van der Waals surface area contributed by atoms with Gasteiger partial charge in [-0.1, -0.05) is 35.3 Å². The van der Waals surface area contributed by atoms with Crippen LogP contribution in [0.3, 0.4) is 0 Å². The van der Waals surface area contributed by atoms with Gasteiger partial charge in [-0.3, -0.25) is 14.5 Å². The Morgan fingerprint density at radius 2 is 1.82 bits per heavy atom. The van der Waals surface area contributed by atoms with E-state index in [0.717, 1.165) is 10.5 Å². The third kappa shape index (κ3) is 5.05. The zero-order valence-electron chi connectivity index (χ0n) is 18.6. The molecule has 0 saturated carbocycles. The van der Waals surface area contributed by atoms with Gasteiger partial charge in [-0.05, 0) is 62.2 Å². The molecule has 0 atom stereocenters. The summed E-state index contributed by atoms with van der Waals surface area (Å²) in [7, 11) is 1.51. The van der Waals surface area contributed by atoms with Gasteiger partial charge in [-0.25, -0.2) is 0 Å². The molecule has 0 N–H and O–H groups in total. The van der Waals surface area contributed by atoms with Crippen molar-refractivity contribution in [3.05, 3.63) is 74.3 Å². The van der Waals surface area contributed by atoms with Crippen LogP contribution >= 0.6 is 23.2 Å². The molecule has 6 nitrogen and oxygen atoms in total. The van der Waals surface area contributed by atoms with Gasteiger partial charge < -0.3 is 9.47 Å². The summed E-state index contributed by atoms with van der Waals surface area (Å²) in [5.74, 6) is -0.0706. The quantitative estimate of drug-likeness (QED) is 0.394. The molecule has 1 aliphatic heterocycles. The first-order valence-electron chi connectivity index (χ1n) is 10.1. The van der Waals surface area contributed by atoms with Crippen molar-refractivity contribution in [1.29, 1.82) is 5.26 Å². The molecular weight excluding hydrogens is 463 g/mol. The third-order valence-corrected chi connectivity index (χ3v) is 5.77. The summed E-state index contributed by atoms with van der Waals surface area (Å²) < 4.78 is 11.3. The Balaban J connectivity index is 1.94. The van der Waals surface area contributed by atoms with E-state index in [2.05, 4.69) is 0 Å². The molecular formula is C25H22Cl2N2O4. The summed E-state index contributed by atoms with van der Waals surface area (Å²) >= 11 is 12.1. The van der Waals surface area contributed by atoms with Crippen LogP contribution < -0.4 is 9.47 Å². The van der Waals surface area contributed by atoms with Gasteiger partial charge in [0.05, 0.1) is 7.11 Å². The van der Waals surface area contributed by atoms with Crippen molar-refractivity contribution in [1.82, 2.24) is 4.90 Å². The highest BCUT2D eigenvalue weighted by molar-refractivity contribution is 6.35. The fourth-order valence-corrected chi connectivity index (χ4v) is 3.89. The number of rotatable bonds is 6. The number of amides is 2. The van der Waals surface area contributed by atoms with E-state index in [0.29, 0.717) is 32.7 Å². The number of halogens is 2. The second-order valence-electron chi connectivity index (χ2n) is 7.68. The smallest absolute Gasteiger partial charge is 0.271 e. The van der Waals surface area contributed by atoms with Crippen molar-refractivity contribution in [2.24, 2.45) is 0 Å². The van der Waals surface area contributed by atoms with E-state index in [-0.39, 0.29) is 23.8 Å². The second kappa shape index (κ2) is 10.1. The van der Waals surface area contributed by atoms with Gasteiger partial charge in [0.1, 0.15) is 18.2 Å². The van der Waals surface area contributed by atoms with E-state index in [9.17, 15) is 14.9 Å². The average Bonchev–Trinajstić information content (AvgIpc) is 2.76. The van der Waals surface area contributed by atoms with Gasteiger partial charge in [0.2, 0.25) is 0 Å². The van der Waals surface area contributed by atoms with Crippen LogP contribution in [0.4, 0.5) is 0 Å². The van der Waals surface area contributed by atoms with Crippen LogP contribution in [0, 0.1) is 11.3 Å². The van der Waals surface area contributed by atoms with Gasteiger partial charge in [0.15, 0.2) is 11.5 Å². The number of ether oxygens (including phenoxy) is 2. The molecule has 0 radical (unpaired) electrons. The molecule has 0 aromatic heterocycles. The van der Waals surface area contributed by atoms with Crippen LogP contribution in [0.2, 0.25) is 10.0 Å². The van der Waals surface area contributed by atoms with Gasteiger partial charge >= 0.3 is 0 Å². The van der Waals surface area contributed by atoms with Crippen LogP contribution in [0.5, 0.6) is 11.5 Å². The Hall–Kier alpha value is -3.27. The standard InChI is InChI=1S/C25H22Cl2N2O4/c1-14(2)29-24(30)19(15(3)20(12-28)25(29)31)9-16-5-8-22(23(10-16)32-4)33-13-17-6-7-18(26)11-21(17)27/h5-11,14H,13H2,1-4H3/b19-9+. The Bertz CT molecular complexity index is 1230. The Kier molecular flexibility index (Phi) is 7.47. The maximum atomic E-state index is 13.0. The van der Waals surface area contributed by atoms with Crippen molar-refractivity contribution >= 4 is 41.1 Å². The van der Waals surface area contributed by atoms with Crippen molar-refractivity contribution in [2.45, 2.75) is 33.4 Å². The van der Waals surface area contributed by atoms with Gasteiger partial charge in [-0.15, -0.1) is 0 Å². The third-order valence-electron chi connectivity index (χ3n) is 5.19. The molecule has 1 heterocycles. The normalized spacial score (nSPS) is 15.3. The topological polar surface area (TPSA) is 79.6 Å². The summed E-state index contributed by atoms with van der Waals surface area (Å²) in [4.78, 5) is 26.6. The minimum Gasteiger partial charge on any atom is -0.493 e. The lowest BCUT2D eigenvalue weighted by atomic mass is 9.93. The Labute approximate surface area is 202 Å². The zero-order chi connectivity index (χ0) is 24.3. The number of hydrogen-bond donors (Lipinski definition) is 0. The molecule has 0 unspecified atom stereocenters. The molecule has 2 aromatic carbocycles. The van der Waals surface area contributed by atoms with Crippen LogP contribution in [0.1, 0.15) is 31.9 Å². The lowest BCUT2D eigenvalue weighted by Crippen LogP contribution is -2.46. The van der Waals surface area contributed by atoms with Crippen molar-refractivity contribution in [2.75, 3.05) is 7.11 Å². The summed E-state index contributed by atoms with van der Waals surface area (Å²) in [6.45, 7) is 5.27. The van der Waals surface area contributed by atoms with Gasteiger partial charge in [-0.2, -0.15) is 5.26 Å². The highest BCUT2D eigenvalue weighted by Gasteiger charge is 2.36. The number of carbonyl (C=O) groups excluding carboxylic acids is 2. The molecule has 170 valence electrons. The number of benzene rings is 2. The predicted octanol–water partition coefficient (Wildman–Crippen LogP) is 5.58. The number of nitriles is 1. The van der Waals surface area contributed by atoms with Crippen molar-refractivity contribution < 1.29 is 19.1 Å². The summed E-state index contributed by atoms with van der Waals surface area (Å²) in [6.07, 6.45) is 1.64. The van der Waals surface area contributed by atoms with Crippen LogP contribution in [0.25, 0.3) is 6.08 Å². The van der Waals surface area contributed by atoms with Crippen molar-refractivity contribution in [3.8, 4) is 17.6 Å². The number of methoxy groups -OCH3 is 1. The maximum Gasteiger partial charge on any atom is 0.271 e. The largest absolute Gasteiger partial charge is 0.493 e. The minimum absolute atomic E-state index is 0.0405. The lowest BCUT2D eigenvalue weighted by molar-refractivity contribution is -0.142. The zero-order valence-corrected chi connectivity index (χ0v) is 20.1. The number of imide groups is 1. The lowest BCUT2D eigenvalue weighted by Gasteiger charge is -2.30. The first-order valence-corrected chi connectivity index (χ1v) is 10.9. The van der Waals surface area contributed by atoms with E-state index < -0.39 is 11.8 Å². The molecule has 1 aliphatic rings. The highest BCUT2D eigenvalue weighted by Crippen LogP contribution is 2.33. The molecule has 2 aromatic rings. The second-order valence-corrected chi connectivity index (χ2v) is 8.52. The van der Waals surface area contributed by atoms with E-state index in [1.54, 1.807) is 63.2 Å². The number of carbonyl (C=O) groups is 2. The van der Waals surface area contributed by atoms with Gasteiger partial charge in [0, 0.05) is 27.2 Å². The Morgan fingerprint density at radius 1 is 1.09 bits per heavy atom. The minimum atomic E-state index is -0.575. The molecule has 0 bridgehead atoms. The fraction of sp³-hybridized carbons (Fsp3) is 0.240. The monoisotopic (exact) mass is 484 g/mol.